The lowest BCUT2D eigenvalue weighted by atomic mass is 9.79. The molecule has 2 aromatic carbocycles. The van der Waals surface area contributed by atoms with Crippen molar-refractivity contribution in [1.82, 2.24) is 3.97 Å². The molecule has 1 aliphatic rings. The number of hydrogen-bond donors (Lipinski definition) is 0. The number of halogens is 1. The zero-order valence-electron chi connectivity index (χ0n) is 17.1. The molecule has 152 valence electrons. The van der Waals surface area contributed by atoms with Crippen molar-refractivity contribution in [2.45, 2.75) is 50.7 Å². The highest BCUT2D eigenvalue weighted by molar-refractivity contribution is 7.90. The summed E-state index contributed by atoms with van der Waals surface area (Å²) in [6.45, 7) is 9.54. The van der Waals surface area contributed by atoms with Crippen LogP contribution < -0.4 is 5.46 Å². The van der Waals surface area contributed by atoms with Crippen LogP contribution in [0.3, 0.4) is 0 Å². The van der Waals surface area contributed by atoms with E-state index in [9.17, 15) is 12.8 Å². The molecule has 0 amide bonds. The highest BCUT2D eigenvalue weighted by Crippen LogP contribution is 2.37. The van der Waals surface area contributed by atoms with Crippen LogP contribution in [0, 0.1) is 12.7 Å². The largest absolute Gasteiger partial charge is 0.497 e. The average molecular weight is 415 g/mol. The van der Waals surface area contributed by atoms with Crippen molar-refractivity contribution < 1.29 is 22.1 Å². The van der Waals surface area contributed by atoms with Gasteiger partial charge in [0, 0.05) is 17.0 Å². The predicted molar refractivity (Wildman–Crippen MR) is 111 cm³/mol. The molecule has 5 nitrogen and oxygen atoms in total. The maximum Gasteiger partial charge on any atom is 0.497 e. The minimum absolute atomic E-state index is 0.157. The Morgan fingerprint density at radius 3 is 2.14 bits per heavy atom. The maximum atomic E-state index is 14.0. The van der Waals surface area contributed by atoms with Crippen molar-refractivity contribution in [2.24, 2.45) is 0 Å². The lowest BCUT2D eigenvalue weighted by molar-refractivity contribution is 0.00578. The topological polar surface area (TPSA) is 57.5 Å². The summed E-state index contributed by atoms with van der Waals surface area (Å²) in [4.78, 5) is 0.157. The van der Waals surface area contributed by atoms with E-state index in [0.717, 1.165) is 5.56 Å². The number of hydrogen-bond acceptors (Lipinski definition) is 4. The lowest BCUT2D eigenvalue weighted by Gasteiger charge is -2.32. The van der Waals surface area contributed by atoms with E-state index in [1.54, 1.807) is 24.3 Å². The average Bonchev–Trinajstić information content (AvgIpc) is 3.09. The van der Waals surface area contributed by atoms with Crippen LogP contribution in [0.1, 0.15) is 33.3 Å². The van der Waals surface area contributed by atoms with Crippen LogP contribution in [0.5, 0.6) is 0 Å². The first-order valence-corrected chi connectivity index (χ1v) is 10.8. The fraction of sp³-hybridized carbons (Fsp3) is 0.333. The standard InChI is InChI=1S/C21H23BFNO4S/c1-14-6-9-16(10-7-14)29(25,26)24-13-18(17-12-15(23)8-11-19(17)24)22-27-20(2,3)21(4,5)28-22/h6-13H,1-5H3. The third-order valence-electron chi connectivity index (χ3n) is 5.85. The van der Waals surface area contributed by atoms with Gasteiger partial charge in [0.1, 0.15) is 5.82 Å². The van der Waals surface area contributed by atoms with E-state index in [2.05, 4.69) is 0 Å². The molecular weight excluding hydrogens is 392 g/mol. The quantitative estimate of drug-likeness (QED) is 0.614. The second-order valence-electron chi connectivity index (χ2n) is 8.45. The summed E-state index contributed by atoms with van der Waals surface area (Å²) in [6.07, 6.45) is 1.47. The monoisotopic (exact) mass is 415 g/mol. The van der Waals surface area contributed by atoms with E-state index in [4.69, 9.17) is 9.31 Å². The Kier molecular flexibility index (Phi) is 4.46. The number of rotatable bonds is 3. The minimum atomic E-state index is -3.88. The smallest absolute Gasteiger partial charge is 0.399 e. The molecule has 0 aliphatic carbocycles. The number of aryl methyl sites for hydroxylation is 1. The van der Waals surface area contributed by atoms with Gasteiger partial charge in [-0.05, 0) is 65.0 Å². The fourth-order valence-corrected chi connectivity index (χ4v) is 4.76. The SMILES string of the molecule is Cc1ccc(S(=O)(=O)n2cc(B3OC(C)(C)C(C)(C)O3)c3cc(F)ccc32)cc1. The summed E-state index contributed by atoms with van der Waals surface area (Å²) < 4.78 is 54.0. The predicted octanol–water partition coefficient (Wildman–Crippen LogP) is 3.63. The second kappa shape index (κ2) is 6.42. The van der Waals surface area contributed by atoms with E-state index in [1.165, 1.54) is 28.4 Å². The summed E-state index contributed by atoms with van der Waals surface area (Å²) in [6, 6.07) is 10.6. The molecule has 4 rings (SSSR count). The van der Waals surface area contributed by atoms with E-state index in [1.807, 2.05) is 34.6 Å². The zero-order chi connectivity index (χ0) is 21.2. The Hall–Kier alpha value is -2.16. The molecule has 0 saturated carbocycles. The molecule has 1 fully saturated rings. The van der Waals surface area contributed by atoms with Crippen molar-refractivity contribution in [1.29, 1.82) is 0 Å². The van der Waals surface area contributed by atoms with Gasteiger partial charge in [-0.3, -0.25) is 0 Å². The van der Waals surface area contributed by atoms with Crippen LogP contribution in [0.4, 0.5) is 4.39 Å². The lowest BCUT2D eigenvalue weighted by Crippen LogP contribution is -2.41. The van der Waals surface area contributed by atoms with Crippen LogP contribution in [0.25, 0.3) is 10.9 Å². The van der Waals surface area contributed by atoms with E-state index >= 15 is 0 Å². The van der Waals surface area contributed by atoms with Crippen LogP contribution in [-0.2, 0) is 19.3 Å². The third kappa shape index (κ3) is 3.19. The molecule has 8 heteroatoms. The highest BCUT2D eigenvalue weighted by atomic mass is 32.2. The van der Waals surface area contributed by atoms with Crippen molar-refractivity contribution >= 4 is 33.5 Å². The highest BCUT2D eigenvalue weighted by Gasteiger charge is 2.52. The molecule has 29 heavy (non-hydrogen) atoms. The molecule has 0 N–H and O–H groups in total. The Morgan fingerprint density at radius 2 is 1.55 bits per heavy atom. The molecule has 0 unspecified atom stereocenters. The molecule has 0 spiro atoms. The summed E-state index contributed by atoms with van der Waals surface area (Å²) in [5.74, 6) is -0.458. The first-order valence-electron chi connectivity index (χ1n) is 9.41. The molecule has 0 radical (unpaired) electrons. The van der Waals surface area contributed by atoms with Gasteiger partial charge in [-0.15, -0.1) is 0 Å². The van der Waals surface area contributed by atoms with Gasteiger partial charge >= 0.3 is 7.12 Å². The first-order chi connectivity index (χ1) is 13.4. The van der Waals surface area contributed by atoms with Crippen LogP contribution in [0.2, 0.25) is 0 Å². The third-order valence-corrected chi connectivity index (χ3v) is 7.54. The van der Waals surface area contributed by atoms with Gasteiger partial charge < -0.3 is 9.31 Å². The molecule has 1 aromatic heterocycles. The minimum Gasteiger partial charge on any atom is -0.399 e. The maximum absolute atomic E-state index is 14.0. The van der Waals surface area contributed by atoms with Crippen LogP contribution in [-0.4, -0.2) is 30.7 Å². The first kappa shape index (κ1) is 20.1. The molecular formula is C21H23BFNO4S. The molecule has 1 aliphatic heterocycles. The number of benzene rings is 2. The van der Waals surface area contributed by atoms with Gasteiger partial charge in [0.15, 0.2) is 0 Å². The molecule has 0 bridgehead atoms. The van der Waals surface area contributed by atoms with Gasteiger partial charge in [-0.25, -0.2) is 16.8 Å². The van der Waals surface area contributed by atoms with Gasteiger partial charge in [0.2, 0.25) is 0 Å². The second-order valence-corrected chi connectivity index (χ2v) is 10.3. The van der Waals surface area contributed by atoms with Gasteiger partial charge in [0.05, 0.1) is 21.6 Å². The van der Waals surface area contributed by atoms with E-state index in [-0.39, 0.29) is 4.90 Å². The fourth-order valence-electron chi connectivity index (χ4n) is 3.38. The van der Waals surface area contributed by atoms with E-state index in [0.29, 0.717) is 16.4 Å². The summed E-state index contributed by atoms with van der Waals surface area (Å²) in [5.41, 5.74) is 0.608. The van der Waals surface area contributed by atoms with Crippen LogP contribution in [0.15, 0.2) is 53.6 Å². The van der Waals surface area contributed by atoms with Crippen LogP contribution >= 0.6 is 0 Å². The summed E-state index contributed by atoms with van der Waals surface area (Å²) >= 11 is 0. The Bertz CT molecular complexity index is 1180. The molecule has 1 saturated heterocycles. The van der Waals surface area contributed by atoms with Crippen molar-refractivity contribution in [3.05, 3.63) is 60.0 Å². The Balaban J connectivity index is 1.91. The van der Waals surface area contributed by atoms with Gasteiger partial charge in [0.25, 0.3) is 10.0 Å². The Morgan fingerprint density at radius 1 is 0.966 bits per heavy atom. The molecule has 3 aromatic rings. The van der Waals surface area contributed by atoms with Gasteiger partial charge in [-0.2, -0.15) is 0 Å². The molecule has 2 heterocycles. The number of fused-ring (bicyclic) bond motifs is 1. The summed E-state index contributed by atoms with van der Waals surface area (Å²) in [5, 5.41) is 0.444. The normalized spacial score (nSPS) is 18.5. The zero-order valence-corrected chi connectivity index (χ0v) is 17.9. The Labute approximate surface area is 170 Å². The molecule has 0 atom stereocenters. The van der Waals surface area contributed by atoms with Crippen molar-refractivity contribution in [2.75, 3.05) is 0 Å². The van der Waals surface area contributed by atoms with Gasteiger partial charge in [-0.1, -0.05) is 17.7 Å². The van der Waals surface area contributed by atoms with Crippen molar-refractivity contribution in [3.63, 3.8) is 0 Å². The summed E-state index contributed by atoms with van der Waals surface area (Å²) in [7, 11) is -4.68. The van der Waals surface area contributed by atoms with E-state index < -0.39 is 34.2 Å². The van der Waals surface area contributed by atoms with Crippen molar-refractivity contribution in [3.8, 4) is 0 Å². The number of nitrogens with zero attached hydrogens (tertiary/aromatic N) is 1. The number of aromatic nitrogens is 1.